The van der Waals surface area contributed by atoms with Gasteiger partial charge in [-0.25, -0.2) is 0 Å². The fourth-order valence-electron chi connectivity index (χ4n) is 6.53. The van der Waals surface area contributed by atoms with Crippen LogP contribution in [-0.4, -0.2) is 34.9 Å². The zero-order valence-corrected chi connectivity index (χ0v) is 31.4. The van der Waals surface area contributed by atoms with E-state index in [1.165, 1.54) is 186 Å². The number of allylic oxidation sites excluding steroid dienone is 1. The van der Waals surface area contributed by atoms with Crippen molar-refractivity contribution >= 4 is 5.91 Å². The maximum Gasteiger partial charge on any atom is 0.220 e. The molecule has 3 N–H and O–H groups in total. The molecule has 0 fully saturated rings. The topological polar surface area (TPSA) is 69.6 Å². The molecule has 46 heavy (non-hydrogen) atoms. The molecule has 4 nitrogen and oxygen atoms in total. The first-order valence-electron chi connectivity index (χ1n) is 20.9. The zero-order chi connectivity index (χ0) is 33.6. The summed E-state index contributed by atoms with van der Waals surface area (Å²) in [5.74, 6) is -0.0605. The normalized spacial score (nSPS) is 13.0. The summed E-state index contributed by atoms with van der Waals surface area (Å²) in [5, 5.41) is 22.9. The van der Waals surface area contributed by atoms with E-state index in [-0.39, 0.29) is 12.5 Å². The van der Waals surface area contributed by atoms with Crippen molar-refractivity contribution in [1.29, 1.82) is 0 Å². The van der Waals surface area contributed by atoms with Crippen molar-refractivity contribution in [2.75, 3.05) is 6.61 Å². The Kier molecular flexibility index (Phi) is 37.8. The molecule has 2 atom stereocenters. The molecule has 0 aromatic carbocycles. The summed E-state index contributed by atoms with van der Waals surface area (Å²) >= 11 is 0. The Morgan fingerprint density at radius 2 is 0.804 bits per heavy atom. The van der Waals surface area contributed by atoms with Crippen molar-refractivity contribution in [2.24, 2.45) is 0 Å². The van der Waals surface area contributed by atoms with Gasteiger partial charge >= 0.3 is 0 Å². The molecule has 0 radical (unpaired) electrons. The summed E-state index contributed by atoms with van der Waals surface area (Å²) in [5.41, 5.74) is 0. The van der Waals surface area contributed by atoms with Gasteiger partial charge in [-0.15, -0.1) is 0 Å². The minimum absolute atomic E-state index is 0.0605. The van der Waals surface area contributed by atoms with Crippen LogP contribution in [0.15, 0.2) is 12.2 Å². The summed E-state index contributed by atoms with van der Waals surface area (Å²) in [6, 6.07) is -0.615. The molecule has 0 aliphatic carbocycles. The van der Waals surface area contributed by atoms with E-state index in [0.29, 0.717) is 6.42 Å². The smallest absolute Gasteiger partial charge is 0.220 e. The maximum absolute atomic E-state index is 12.3. The van der Waals surface area contributed by atoms with Gasteiger partial charge in [0.05, 0.1) is 18.8 Å². The van der Waals surface area contributed by atoms with Crippen LogP contribution in [0.2, 0.25) is 0 Å². The van der Waals surface area contributed by atoms with E-state index in [1.54, 1.807) is 6.08 Å². The van der Waals surface area contributed by atoms with Gasteiger partial charge < -0.3 is 15.5 Å². The molecular weight excluding hydrogens is 566 g/mol. The molecule has 4 heteroatoms. The molecule has 0 aliphatic heterocycles. The Morgan fingerprint density at radius 3 is 1.13 bits per heavy atom. The first-order valence-corrected chi connectivity index (χ1v) is 20.9. The number of rotatable bonds is 38. The highest BCUT2D eigenvalue weighted by Crippen LogP contribution is 2.16. The number of amides is 1. The average Bonchev–Trinajstić information content (AvgIpc) is 3.06. The molecular formula is C42H83NO3. The number of carbonyl (C=O) groups is 1. The van der Waals surface area contributed by atoms with Gasteiger partial charge in [0.1, 0.15) is 0 Å². The van der Waals surface area contributed by atoms with Crippen LogP contribution in [-0.2, 0) is 4.79 Å². The lowest BCUT2D eigenvalue weighted by Gasteiger charge is -2.20. The van der Waals surface area contributed by atoms with Crippen LogP contribution >= 0.6 is 0 Å². The Balaban J connectivity index is 3.51. The van der Waals surface area contributed by atoms with Gasteiger partial charge in [0, 0.05) is 6.42 Å². The number of aliphatic hydroxyl groups excluding tert-OH is 2. The lowest BCUT2D eigenvalue weighted by atomic mass is 10.0. The first-order chi connectivity index (χ1) is 22.7. The van der Waals surface area contributed by atoms with Crippen LogP contribution in [0.3, 0.4) is 0 Å². The summed E-state index contributed by atoms with van der Waals surface area (Å²) in [4.78, 5) is 12.3. The van der Waals surface area contributed by atoms with E-state index < -0.39 is 12.1 Å². The number of aliphatic hydroxyl groups is 2. The molecule has 0 unspecified atom stereocenters. The monoisotopic (exact) mass is 650 g/mol. The fourth-order valence-corrected chi connectivity index (χ4v) is 6.53. The summed E-state index contributed by atoms with van der Waals surface area (Å²) < 4.78 is 0. The number of hydrogen-bond donors (Lipinski definition) is 3. The van der Waals surface area contributed by atoms with Crippen LogP contribution in [0.5, 0.6) is 0 Å². The Labute approximate surface area is 288 Å². The fraction of sp³-hybridized carbons (Fsp3) is 0.929. The molecule has 0 heterocycles. The number of carbonyl (C=O) groups excluding carboxylic acids is 1. The minimum atomic E-state index is -0.832. The Hall–Kier alpha value is -0.870. The molecule has 0 aromatic rings. The summed E-state index contributed by atoms with van der Waals surface area (Å²) in [6.45, 7) is 4.32. The predicted molar refractivity (Wildman–Crippen MR) is 202 cm³/mol. The van der Waals surface area contributed by atoms with Crippen LogP contribution in [0.1, 0.15) is 232 Å². The first kappa shape index (κ1) is 45.1. The third-order valence-electron chi connectivity index (χ3n) is 9.77. The van der Waals surface area contributed by atoms with E-state index >= 15 is 0 Å². The van der Waals surface area contributed by atoms with Crippen molar-refractivity contribution in [3.05, 3.63) is 12.2 Å². The molecule has 0 aliphatic rings. The van der Waals surface area contributed by atoms with E-state index in [1.807, 2.05) is 6.08 Å². The van der Waals surface area contributed by atoms with Crippen LogP contribution in [0.4, 0.5) is 0 Å². The second kappa shape index (κ2) is 38.6. The van der Waals surface area contributed by atoms with E-state index in [0.717, 1.165) is 25.7 Å². The molecule has 274 valence electrons. The SMILES string of the molecule is CCCCCCCCCCCCC/C=C/[C@H](O)[C@@H](CO)NC(=O)CCCCCCCCCCCCCCCCCCCCCCC. The van der Waals surface area contributed by atoms with Crippen LogP contribution in [0, 0.1) is 0 Å². The van der Waals surface area contributed by atoms with Crippen molar-refractivity contribution < 1.29 is 15.0 Å². The van der Waals surface area contributed by atoms with Crippen molar-refractivity contribution in [1.82, 2.24) is 5.32 Å². The van der Waals surface area contributed by atoms with E-state index in [9.17, 15) is 15.0 Å². The molecule has 0 spiro atoms. The predicted octanol–water partition coefficient (Wildman–Crippen LogP) is 12.7. The number of hydrogen-bond acceptors (Lipinski definition) is 3. The lowest BCUT2D eigenvalue weighted by Crippen LogP contribution is -2.45. The van der Waals surface area contributed by atoms with Gasteiger partial charge in [-0.3, -0.25) is 4.79 Å². The zero-order valence-electron chi connectivity index (χ0n) is 31.4. The molecule has 1 amide bonds. The van der Waals surface area contributed by atoms with E-state index in [4.69, 9.17) is 0 Å². The molecule has 0 aromatic heterocycles. The Bertz CT molecular complexity index is 622. The van der Waals surface area contributed by atoms with Crippen LogP contribution in [0.25, 0.3) is 0 Å². The number of nitrogens with one attached hydrogen (secondary N) is 1. The van der Waals surface area contributed by atoms with Crippen molar-refractivity contribution in [2.45, 2.75) is 244 Å². The second-order valence-electron chi connectivity index (χ2n) is 14.4. The van der Waals surface area contributed by atoms with Crippen molar-refractivity contribution in [3.63, 3.8) is 0 Å². The third-order valence-corrected chi connectivity index (χ3v) is 9.77. The standard InChI is InChI=1S/C42H83NO3/c1-3-5-7-9-11-13-15-17-18-19-20-21-22-23-24-26-28-30-32-34-36-38-42(46)43-40(39-44)41(45)37-35-33-31-29-27-25-16-14-12-10-8-6-4-2/h35,37,40-41,44-45H,3-34,36,38-39H2,1-2H3,(H,43,46)/b37-35+/t40-,41+/m1/s1. The highest BCUT2D eigenvalue weighted by molar-refractivity contribution is 5.76. The second-order valence-corrected chi connectivity index (χ2v) is 14.4. The quantitative estimate of drug-likeness (QED) is 0.0460. The molecule has 0 bridgehead atoms. The minimum Gasteiger partial charge on any atom is -0.394 e. The van der Waals surface area contributed by atoms with Gasteiger partial charge in [-0.1, -0.05) is 219 Å². The average molecular weight is 650 g/mol. The largest absolute Gasteiger partial charge is 0.394 e. The molecule has 0 saturated carbocycles. The maximum atomic E-state index is 12.3. The van der Waals surface area contributed by atoms with Gasteiger partial charge in [-0.2, -0.15) is 0 Å². The Morgan fingerprint density at radius 1 is 0.500 bits per heavy atom. The number of unbranched alkanes of at least 4 members (excludes halogenated alkanes) is 31. The highest BCUT2D eigenvalue weighted by atomic mass is 16.3. The van der Waals surface area contributed by atoms with Gasteiger partial charge in [0.15, 0.2) is 0 Å². The van der Waals surface area contributed by atoms with Crippen LogP contribution < -0.4 is 5.32 Å². The molecule has 0 rings (SSSR count). The summed E-state index contributed by atoms with van der Waals surface area (Å²) in [6.07, 6.45) is 47.4. The van der Waals surface area contributed by atoms with Gasteiger partial charge in [-0.05, 0) is 19.3 Å². The van der Waals surface area contributed by atoms with Gasteiger partial charge in [0.25, 0.3) is 0 Å². The third kappa shape index (κ3) is 34.5. The highest BCUT2D eigenvalue weighted by Gasteiger charge is 2.17. The van der Waals surface area contributed by atoms with Gasteiger partial charge in [0.2, 0.25) is 5.91 Å². The van der Waals surface area contributed by atoms with Crippen molar-refractivity contribution in [3.8, 4) is 0 Å². The van der Waals surface area contributed by atoms with E-state index in [2.05, 4.69) is 19.2 Å². The lowest BCUT2D eigenvalue weighted by molar-refractivity contribution is -0.123. The molecule has 0 saturated heterocycles. The summed E-state index contributed by atoms with van der Waals surface area (Å²) in [7, 11) is 0.